The third kappa shape index (κ3) is 3.14. The first kappa shape index (κ1) is 14.0. The van der Waals surface area contributed by atoms with Gasteiger partial charge in [-0.2, -0.15) is 0 Å². The van der Waals surface area contributed by atoms with Crippen molar-refractivity contribution >= 4 is 27.1 Å². The van der Waals surface area contributed by atoms with Gasteiger partial charge in [-0.3, -0.25) is 10.1 Å². The predicted octanol–water partition coefficient (Wildman–Crippen LogP) is 0.785. The number of hydrogen-bond donors (Lipinski definition) is 1. The molecule has 1 heterocycles. The fraction of sp³-hybridized carbons (Fsp3) is 0.400. The number of rotatable bonds is 3. The van der Waals surface area contributed by atoms with Crippen LogP contribution < -0.4 is 4.74 Å². The second-order valence-corrected chi connectivity index (χ2v) is 6.73. The fourth-order valence-electron chi connectivity index (χ4n) is 1.79. The molecule has 104 valence electrons. The van der Waals surface area contributed by atoms with Crippen LogP contribution in [0.3, 0.4) is 0 Å². The Balaban J connectivity index is 2.17. The molecule has 1 aromatic rings. The van der Waals surface area contributed by atoms with Crippen molar-refractivity contribution in [3.05, 3.63) is 33.3 Å². The molecule has 9 heteroatoms. The molecular formula is C10H10ClNO6S. The van der Waals surface area contributed by atoms with Crippen molar-refractivity contribution < 1.29 is 23.2 Å². The maximum atomic E-state index is 11.3. The minimum Gasteiger partial charge on any atom is -0.487 e. The highest BCUT2D eigenvalue weighted by atomic mass is 35.5. The SMILES string of the molecule is O=[N+]([O-])c1ccc(OC2CS(=O)(=O)CC2O)cc1Cl. The molecular weight excluding hydrogens is 298 g/mol. The molecule has 1 fully saturated rings. The minimum absolute atomic E-state index is 0.113. The lowest BCUT2D eigenvalue weighted by atomic mass is 10.2. The summed E-state index contributed by atoms with van der Waals surface area (Å²) in [6, 6.07) is 3.69. The smallest absolute Gasteiger partial charge is 0.288 e. The zero-order valence-electron chi connectivity index (χ0n) is 9.52. The number of aliphatic hydroxyl groups is 1. The number of benzene rings is 1. The number of aliphatic hydroxyl groups excluding tert-OH is 1. The van der Waals surface area contributed by atoms with Crippen LogP contribution in [0.25, 0.3) is 0 Å². The number of hydrogen-bond acceptors (Lipinski definition) is 6. The molecule has 1 aliphatic heterocycles. The first-order chi connectivity index (χ1) is 8.78. The van der Waals surface area contributed by atoms with E-state index in [4.69, 9.17) is 16.3 Å². The topological polar surface area (TPSA) is 107 Å². The lowest BCUT2D eigenvalue weighted by molar-refractivity contribution is -0.384. The van der Waals surface area contributed by atoms with E-state index in [0.717, 1.165) is 6.07 Å². The lowest BCUT2D eigenvalue weighted by Crippen LogP contribution is -2.29. The van der Waals surface area contributed by atoms with Crippen molar-refractivity contribution in [2.45, 2.75) is 12.2 Å². The number of nitro benzene ring substituents is 1. The van der Waals surface area contributed by atoms with Gasteiger partial charge >= 0.3 is 0 Å². The second-order valence-electron chi connectivity index (χ2n) is 4.17. The van der Waals surface area contributed by atoms with Crippen molar-refractivity contribution in [1.82, 2.24) is 0 Å². The van der Waals surface area contributed by atoms with Gasteiger partial charge in [-0.25, -0.2) is 8.42 Å². The molecule has 1 N–H and O–H groups in total. The number of nitrogens with zero attached hydrogens (tertiary/aromatic N) is 1. The lowest BCUT2D eigenvalue weighted by Gasteiger charge is -2.15. The second kappa shape index (κ2) is 4.95. The van der Waals surface area contributed by atoms with Gasteiger partial charge in [-0.15, -0.1) is 0 Å². The number of ether oxygens (including phenoxy) is 1. The van der Waals surface area contributed by atoms with Gasteiger partial charge in [0.1, 0.15) is 23.0 Å². The highest BCUT2D eigenvalue weighted by Crippen LogP contribution is 2.30. The summed E-state index contributed by atoms with van der Waals surface area (Å²) in [5.74, 6) is -0.460. The summed E-state index contributed by atoms with van der Waals surface area (Å²) in [4.78, 5) is 9.94. The third-order valence-corrected chi connectivity index (χ3v) is 4.66. The van der Waals surface area contributed by atoms with Crippen LogP contribution in [0.4, 0.5) is 5.69 Å². The summed E-state index contributed by atoms with van der Waals surface area (Å²) in [5.41, 5.74) is -0.270. The van der Waals surface area contributed by atoms with E-state index in [1.54, 1.807) is 0 Å². The monoisotopic (exact) mass is 307 g/mol. The van der Waals surface area contributed by atoms with Crippen LogP contribution in [0, 0.1) is 10.1 Å². The average molecular weight is 308 g/mol. The maximum absolute atomic E-state index is 11.3. The number of sulfone groups is 1. The van der Waals surface area contributed by atoms with Crippen LogP contribution in [-0.4, -0.2) is 42.2 Å². The van der Waals surface area contributed by atoms with Crippen LogP contribution in [0.1, 0.15) is 0 Å². The van der Waals surface area contributed by atoms with E-state index in [1.165, 1.54) is 12.1 Å². The Hall–Kier alpha value is -1.38. The summed E-state index contributed by atoms with van der Waals surface area (Å²) in [7, 11) is -3.31. The van der Waals surface area contributed by atoms with Crippen molar-refractivity contribution in [3.63, 3.8) is 0 Å². The number of halogens is 1. The quantitative estimate of drug-likeness (QED) is 0.653. The highest BCUT2D eigenvalue weighted by molar-refractivity contribution is 7.91. The van der Waals surface area contributed by atoms with Crippen molar-refractivity contribution in [2.75, 3.05) is 11.5 Å². The molecule has 0 radical (unpaired) electrons. The van der Waals surface area contributed by atoms with E-state index < -0.39 is 27.0 Å². The van der Waals surface area contributed by atoms with Gasteiger partial charge in [0.25, 0.3) is 5.69 Å². The molecule has 0 amide bonds. The molecule has 1 aliphatic rings. The van der Waals surface area contributed by atoms with E-state index in [1.807, 2.05) is 0 Å². The third-order valence-electron chi connectivity index (χ3n) is 2.68. The Labute approximate surface area is 113 Å². The summed E-state index contributed by atoms with van der Waals surface area (Å²) in [6.45, 7) is 0. The first-order valence-corrected chi connectivity index (χ1v) is 7.47. The number of nitro groups is 1. The van der Waals surface area contributed by atoms with Gasteiger partial charge < -0.3 is 9.84 Å². The first-order valence-electron chi connectivity index (χ1n) is 5.27. The zero-order valence-corrected chi connectivity index (χ0v) is 11.1. The highest BCUT2D eigenvalue weighted by Gasteiger charge is 2.38. The minimum atomic E-state index is -3.31. The van der Waals surface area contributed by atoms with Crippen LogP contribution in [0.2, 0.25) is 5.02 Å². The summed E-state index contributed by atoms with van der Waals surface area (Å²) in [6.07, 6.45) is -2.00. The maximum Gasteiger partial charge on any atom is 0.288 e. The molecule has 1 aromatic carbocycles. The molecule has 0 saturated carbocycles. The van der Waals surface area contributed by atoms with Crippen LogP contribution in [-0.2, 0) is 9.84 Å². The summed E-state index contributed by atoms with van der Waals surface area (Å²) < 4.78 is 27.9. The normalized spacial score (nSPS) is 25.2. The molecule has 0 bridgehead atoms. The Bertz CT molecular complexity index is 616. The van der Waals surface area contributed by atoms with E-state index in [-0.39, 0.29) is 28.0 Å². The molecule has 2 atom stereocenters. The van der Waals surface area contributed by atoms with Crippen molar-refractivity contribution in [1.29, 1.82) is 0 Å². The van der Waals surface area contributed by atoms with Crippen LogP contribution in [0.5, 0.6) is 5.75 Å². The van der Waals surface area contributed by atoms with Gasteiger partial charge in [-0.05, 0) is 6.07 Å². The van der Waals surface area contributed by atoms with Crippen molar-refractivity contribution in [2.24, 2.45) is 0 Å². The fourth-order valence-corrected chi connectivity index (χ4v) is 3.69. The summed E-state index contributed by atoms with van der Waals surface area (Å²) in [5, 5.41) is 20.0. The van der Waals surface area contributed by atoms with Gasteiger partial charge in [0, 0.05) is 12.1 Å². The molecule has 19 heavy (non-hydrogen) atoms. The van der Waals surface area contributed by atoms with Crippen molar-refractivity contribution in [3.8, 4) is 5.75 Å². The zero-order chi connectivity index (χ0) is 14.2. The van der Waals surface area contributed by atoms with Gasteiger partial charge in [0.05, 0.1) is 16.4 Å². The molecule has 7 nitrogen and oxygen atoms in total. The Morgan fingerprint density at radius 3 is 2.58 bits per heavy atom. The van der Waals surface area contributed by atoms with Crippen LogP contribution >= 0.6 is 11.6 Å². The van der Waals surface area contributed by atoms with E-state index in [0.29, 0.717) is 0 Å². The van der Waals surface area contributed by atoms with Gasteiger partial charge in [0.2, 0.25) is 0 Å². The molecule has 2 unspecified atom stereocenters. The van der Waals surface area contributed by atoms with E-state index in [2.05, 4.69) is 0 Å². The van der Waals surface area contributed by atoms with E-state index >= 15 is 0 Å². The average Bonchev–Trinajstić information content (AvgIpc) is 2.51. The molecule has 0 aromatic heterocycles. The summed E-state index contributed by atoms with van der Waals surface area (Å²) >= 11 is 5.70. The molecule has 1 saturated heterocycles. The van der Waals surface area contributed by atoms with E-state index in [9.17, 15) is 23.6 Å². The predicted molar refractivity (Wildman–Crippen MR) is 67.2 cm³/mol. The molecule has 2 rings (SSSR count). The standard InChI is InChI=1S/C10H10ClNO6S/c11-7-3-6(1-2-8(7)12(14)15)18-10-5-19(16,17)4-9(10)13/h1-3,9-10,13H,4-5H2. The Morgan fingerprint density at radius 1 is 1.42 bits per heavy atom. The van der Waals surface area contributed by atoms with Crippen LogP contribution in [0.15, 0.2) is 18.2 Å². The largest absolute Gasteiger partial charge is 0.487 e. The molecule has 0 spiro atoms. The van der Waals surface area contributed by atoms with Gasteiger partial charge in [-0.1, -0.05) is 11.6 Å². The Morgan fingerprint density at radius 2 is 2.11 bits per heavy atom. The van der Waals surface area contributed by atoms with Gasteiger partial charge in [0.15, 0.2) is 9.84 Å². The Kier molecular flexibility index (Phi) is 3.66. The molecule has 0 aliphatic carbocycles.